The number of benzene rings is 1. The van der Waals surface area contributed by atoms with Gasteiger partial charge in [-0.15, -0.1) is 0 Å². The summed E-state index contributed by atoms with van der Waals surface area (Å²) in [5.74, 6) is -3.45. The van der Waals surface area contributed by atoms with Gasteiger partial charge in [-0.05, 0) is 28.1 Å². The van der Waals surface area contributed by atoms with Crippen molar-refractivity contribution in [2.75, 3.05) is 0 Å². The monoisotopic (exact) mass is 286 g/mol. The molecule has 0 radical (unpaired) electrons. The van der Waals surface area contributed by atoms with Gasteiger partial charge in [-0.3, -0.25) is 0 Å². The molecule has 0 amide bonds. The Kier molecular flexibility index (Phi) is 3.03. The Balaban J connectivity index is 3.57. The molecule has 1 aromatic rings. The molecule has 0 heterocycles. The van der Waals surface area contributed by atoms with Crippen LogP contribution in [0.2, 0.25) is 0 Å². The standard InChI is InChI=1S/C8H3BrF4O2/c9-4-2-1-3(7(14)15)5(6(4)10)8(11,12)13/h1-2H,(H,14,15). The van der Waals surface area contributed by atoms with E-state index in [1.807, 2.05) is 0 Å². The molecule has 0 unspecified atom stereocenters. The molecule has 15 heavy (non-hydrogen) atoms. The molecule has 1 N–H and O–H groups in total. The second-order valence-corrected chi connectivity index (χ2v) is 3.44. The molecule has 0 aliphatic rings. The van der Waals surface area contributed by atoms with E-state index in [0.29, 0.717) is 6.07 Å². The second kappa shape index (κ2) is 3.80. The van der Waals surface area contributed by atoms with E-state index in [1.54, 1.807) is 0 Å². The van der Waals surface area contributed by atoms with Gasteiger partial charge < -0.3 is 5.11 Å². The first-order valence-corrected chi connectivity index (χ1v) is 4.33. The van der Waals surface area contributed by atoms with Gasteiger partial charge in [-0.2, -0.15) is 13.2 Å². The van der Waals surface area contributed by atoms with Crippen molar-refractivity contribution in [2.24, 2.45) is 0 Å². The molecular formula is C8H3BrF4O2. The first kappa shape index (κ1) is 12.0. The molecule has 0 aromatic heterocycles. The Hall–Kier alpha value is -1.11. The summed E-state index contributed by atoms with van der Waals surface area (Å²) >= 11 is 2.55. The van der Waals surface area contributed by atoms with Crippen molar-refractivity contribution in [2.45, 2.75) is 6.18 Å². The Labute approximate surface area is 89.6 Å². The lowest BCUT2D eigenvalue weighted by atomic mass is 10.1. The lowest BCUT2D eigenvalue weighted by Crippen LogP contribution is -2.15. The van der Waals surface area contributed by atoms with E-state index in [-0.39, 0.29) is 0 Å². The fraction of sp³-hybridized carbons (Fsp3) is 0.125. The highest BCUT2D eigenvalue weighted by Crippen LogP contribution is 2.36. The van der Waals surface area contributed by atoms with Crippen molar-refractivity contribution >= 4 is 21.9 Å². The van der Waals surface area contributed by atoms with E-state index in [0.717, 1.165) is 6.07 Å². The SMILES string of the molecule is O=C(O)c1ccc(Br)c(F)c1C(F)(F)F. The lowest BCUT2D eigenvalue weighted by molar-refractivity contribution is -0.140. The normalized spacial score (nSPS) is 11.5. The van der Waals surface area contributed by atoms with Crippen LogP contribution in [0.15, 0.2) is 16.6 Å². The van der Waals surface area contributed by atoms with Crippen molar-refractivity contribution in [3.05, 3.63) is 33.5 Å². The highest BCUT2D eigenvalue weighted by Gasteiger charge is 2.39. The van der Waals surface area contributed by atoms with Crippen molar-refractivity contribution < 1.29 is 27.5 Å². The Morgan fingerprint density at radius 3 is 2.27 bits per heavy atom. The number of carboxylic acids is 1. The highest BCUT2D eigenvalue weighted by molar-refractivity contribution is 9.10. The average molecular weight is 287 g/mol. The molecule has 0 aliphatic carbocycles. The molecule has 0 spiro atoms. The van der Waals surface area contributed by atoms with Crippen LogP contribution < -0.4 is 0 Å². The molecule has 0 saturated carbocycles. The molecule has 0 aliphatic heterocycles. The summed E-state index contributed by atoms with van der Waals surface area (Å²) < 4.78 is 49.6. The molecule has 0 fully saturated rings. The van der Waals surface area contributed by atoms with Crippen LogP contribution in [-0.4, -0.2) is 11.1 Å². The van der Waals surface area contributed by atoms with Crippen LogP contribution in [0.1, 0.15) is 15.9 Å². The van der Waals surface area contributed by atoms with E-state index in [4.69, 9.17) is 5.11 Å². The summed E-state index contributed by atoms with van der Waals surface area (Å²) in [6.07, 6.45) is -5.04. The first-order chi connectivity index (χ1) is 6.75. The van der Waals surface area contributed by atoms with E-state index in [9.17, 15) is 22.4 Å². The van der Waals surface area contributed by atoms with E-state index < -0.39 is 33.6 Å². The van der Waals surface area contributed by atoms with E-state index in [1.165, 1.54) is 0 Å². The molecule has 0 atom stereocenters. The maximum atomic E-state index is 13.1. The first-order valence-electron chi connectivity index (χ1n) is 3.53. The summed E-state index contributed by atoms with van der Waals surface area (Å²) in [4.78, 5) is 10.4. The van der Waals surface area contributed by atoms with Crippen molar-refractivity contribution in [3.63, 3.8) is 0 Å². The number of halogens is 5. The van der Waals surface area contributed by atoms with Gasteiger partial charge in [0.2, 0.25) is 0 Å². The van der Waals surface area contributed by atoms with Crippen LogP contribution in [0.4, 0.5) is 17.6 Å². The van der Waals surface area contributed by atoms with E-state index >= 15 is 0 Å². The van der Waals surface area contributed by atoms with Crippen LogP contribution in [0, 0.1) is 5.82 Å². The molecule has 7 heteroatoms. The molecule has 1 aromatic carbocycles. The molecule has 0 bridgehead atoms. The van der Waals surface area contributed by atoms with Crippen molar-refractivity contribution in [1.82, 2.24) is 0 Å². The van der Waals surface area contributed by atoms with Crippen LogP contribution in [-0.2, 0) is 6.18 Å². The van der Waals surface area contributed by atoms with Gasteiger partial charge >= 0.3 is 12.1 Å². The predicted octanol–water partition coefficient (Wildman–Crippen LogP) is 3.31. The van der Waals surface area contributed by atoms with Gasteiger partial charge in [0.1, 0.15) is 11.4 Å². The number of carboxylic acid groups (broad SMARTS) is 1. The van der Waals surface area contributed by atoms with Gasteiger partial charge in [0.25, 0.3) is 0 Å². The summed E-state index contributed by atoms with van der Waals surface area (Å²) in [5, 5.41) is 8.46. The zero-order valence-electron chi connectivity index (χ0n) is 6.90. The predicted molar refractivity (Wildman–Crippen MR) is 46.1 cm³/mol. The minimum absolute atomic E-state index is 0.431. The quantitative estimate of drug-likeness (QED) is 0.805. The molecule has 1 rings (SSSR count). The van der Waals surface area contributed by atoms with Crippen molar-refractivity contribution in [3.8, 4) is 0 Å². The zero-order valence-corrected chi connectivity index (χ0v) is 8.49. The molecule has 0 saturated heterocycles. The summed E-state index contributed by atoms with van der Waals surface area (Å²) in [6, 6.07) is 1.60. The van der Waals surface area contributed by atoms with Gasteiger partial charge in [0.15, 0.2) is 0 Å². The van der Waals surface area contributed by atoms with Crippen LogP contribution in [0.25, 0.3) is 0 Å². The molecule has 2 nitrogen and oxygen atoms in total. The third-order valence-corrected chi connectivity index (χ3v) is 2.22. The number of aromatic carboxylic acids is 1. The minimum Gasteiger partial charge on any atom is -0.478 e. The number of alkyl halides is 3. The number of carbonyl (C=O) groups is 1. The Bertz CT molecular complexity index is 414. The van der Waals surface area contributed by atoms with Crippen molar-refractivity contribution in [1.29, 1.82) is 0 Å². The largest absolute Gasteiger partial charge is 0.478 e. The fourth-order valence-corrected chi connectivity index (χ4v) is 1.34. The van der Waals surface area contributed by atoms with Crippen LogP contribution in [0.3, 0.4) is 0 Å². The van der Waals surface area contributed by atoms with Gasteiger partial charge in [0.05, 0.1) is 10.0 Å². The number of hydrogen-bond donors (Lipinski definition) is 1. The van der Waals surface area contributed by atoms with Crippen LogP contribution in [0.5, 0.6) is 0 Å². The third-order valence-electron chi connectivity index (χ3n) is 1.61. The van der Waals surface area contributed by atoms with Gasteiger partial charge in [-0.25, -0.2) is 9.18 Å². The number of hydrogen-bond acceptors (Lipinski definition) is 1. The average Bonchev–Trinajstić information content (AvgIpc) is 2.06. The third kappa shape index (κ3) is 2.28. The minimum atomic E-state index is -5.04. The fourth-order valence-electron chi connectivity index (χ4n) is 1.01. The summed E-state index contributed by atoms with van der Waals surface area (Å²) in [5.41, 5.74) is -2.88. The van der Waals surface area contributed by atoms with E-state index in [2.05, 4.69) is 15.9 Å². The smallest absolute Gasteiger partial charge is 0.420 e. The molecule has 82 valence electrons. The highest BCUT2D eigenvalue weighted by atomic mass is 79.9. The zero-order chi connectivity index (χ0) is 11.8. The van der Waals surface area contributed by atoms with Gasteiger partial charge in [0, 0.05) is 0 Å². The maximum Gasteiger partial charge on any atom is 0.420 e. The summed E-state index contributed by atoms with van der Waals surface area (Å²) in [7, 11) is 0. The Morgan fingerprint density at radius 2 is 1.87 bits per heavy atom. The van der Waals surface area contributed by atoms with Gasteiger partial charge in [-0.1, -0.05) is 0 Å². The topological polar surface area (TPSA) is 37.3 Å². The Morgan fingerprint density at radius 1 is 1.33 bits per heavy atom. The maximum absolute atomic E-state index is 13.1. The number of rotatable bonds is 1. The second-order valence-electron chi connectivity index (χ2n) is 2.59. The lowest BCUT2D eigenvalue weighted by Gasteiger charge is -2.11. The summed E-state index contributed by atoms with van der Waals surface area (Å²) in [6.45, 7) is 0. The molecular weight excluding hydrogens is 284 g/mol. The van der Waals surface area contributed by atoms with Crippen LogP contribution >= 0.6 is 15.9 Å².